The van der Waals surface area contributed by atoms with E-state index in [-0.39, 0.29) is 24.2 Å². The Morgan fingerprint density at radius 2 is 2.20 bits per heavy atom. The minimum absolute atomic E-state index is 0. The van der Waals surface area contributed by atoms with Crippen molar-refractivity contribution in [2.24, 2.45) is 11.7 Å². The van der Waals surface area contributed by atoms with Crippen LogP contribution in [0.15, 0.2) is 24.4 Å². The van der Waals surface area contributed by atoms with Crippen molar-refractivity contribution >= 4 is 29.2 Å². The van der Waals surface area contributed by atoms with Crippen molar-refractivity contribution in [3.63, 3.8) is 0 Å². The molecule has 1 heterocycles. The lowest BCUT2D eigenvalue weighted by Gasteiger charge is -2.09. The molecule has 0 fully saturated rings. The summed E-state index contributed by atoms with van der Waals surface area (Å²) < 4.78 is 0. The molecule has 5 heteroatoms. The number of nitrogens with two attached hydrogens (primary N) is 1. The SMILES string of the molecule is Cc1cccc2[nH]cc(CCNC(=O)C(C)CN)c12.Cl. The van der Waals surface area contributed by atoms with E-state index in [4.69, 9.17) is 5.73 Å². The fourth-order valence-corrected chi connectivity index (χ4v) is 2.25. The lowest BCUT2D eigenvalue weighted by molar-refractivity contribution is -0.124. The quantitative estimate of drug-likeness (QED) is 0.791. The van der Waals surface area contributed by atoms with Crippen molar-refractivity contribution in [2.75, 3.05) is 13.1 Å². The first-order valence-electron chi connectivity index (χ1n) is 6.67. The summed E-state index contributed by atoms with van der Waals surface area (Å²) in [4.78, 5) is 14.9. The fraction of sp³-hybridized carbons (Fsp3) is 0.400. The Bertz CT molecular complexity index is 580. The number of carbonyl (C=O) groups excluding carboxylic acids is 1. The predicted molar refractivity (Wildman–Crippen MR) is 85.2 cm³/mol. The highest BCUT2D eigenvalue weighted by Gasteiger charge is 2.10. The highest BCUT2D eigenvalue weighted by molar-refractivity contribution is 5.86. The normalized spacial score (nSPS) is 11.9. The van der Waals surface area contributed by atoms with Gasteiger partial charge in [0.15, 0.2) is 0 Å². The Hall–Kier alpha value is -1.52. The molecular formula is C15H22ClN3O. The van der Waals surface area contributed by atoms with Gasteiger partial charge in [-0.15, -0.1) is 12.4 Å². The van der Waals surface area contributed by atoms with E-state index in [1.165, 1.54) is 16.5 Å². The van der Waals surface area contributed by atoms with E-state index < -0.39 is 0 Å². The molecule has 0 bridgehead atoms. The number of hydrogen-bond donors (Lipinski definition) is 3. The topological polar surface area (TPSA) is 70.9 Å². The summed E-state index contributed by atoms with van der Waals surface area (Å²) in [6, 6.07) is 6.22. The van der Waals surface area contributed by atoms with Gasteiger partial charge in [-0.05, 0) is 30.5 Å². The number of H-pyrrole nitrogens is 1. The van der Waals surface area contributed by atoms with Crippen molar-refractivity contribution in [3.05, 3.63) is 35.5 Å². The van der Waals surface area contributed by atoms with Gasteiger partial charge in [0.2, 0.25) is 5.91 Å². The number of aromatic nitrogens is 1. The molecule has 2 aromatic rings. The Labute approximate surface area is 125 Å². The third kappa shape index (κ3) is 3.52. The van der Waals surface area contributed by atoms with Crippen molar-refractivity contribution < 1.29 is 4.79 Å². The maximum Gasteiger partial charge on any atom is 0.224 e. The lowest BCUT2D eigenvalue weighted by atomic mass is 10.1. The van der Waals surface area contributed by atoms with Gasteiger partial charge in [0, 0.05) is 36.1 Å². The Morgan fingerprint density at radius 3 is 2.90 bits per heavy atom. The summed E-state index contributed by atoms with van der Waals surface area (Å²) in [6.45, 7) is 4.97. The van der Waals surface area contributed by atoms with Crippen LogP contribution in [-0.2, 0) is 11.2 Å². The highest BCUT2D eigenvalue weighted by atomic mass is 35.5. The zero-order valence-corrected chi connectivity index (χ0v) is 12.7. The average Bonchev–Trinajstić information content (AvgIpc) is 2.82. The van der Waals surface area contributed by atoms with E-state index in [9.17, 15) is 4.79 Å². The van der Waals surface area contributed by atoms with Gasteiger partial charge < -0.3 is 16.0 Å². The Kier molecular flexibility index (Phi) is 6.05. The van der Waals surface area contributed by atoms with Crippen LogP contribution in [-0.4, -0.2) is 24.0 Å². The highest BCUT2D eigenvalue weighted by Crippen LogP contribution is 2.22. The van der Waals surface area contributed by atoms with Crippen molar-refractivity contribution in [3.8, 4) is 0 Å². The second-order valence-corrected chi connectivity index (χ2v) is 4.99. The van der Waals surface area contributed by atoms with Gasteiger partial charge in [0.05, 0.1) is 0 Å². The largest absolute Gasteiger partial charge is 0.361 e. The summed E-state index contributed by atoms with van der Waals surface area (Å²) >= 11 is 0. The molecular weight excluding hydrogens is 274 g/mol. The van der Waals surface area contributed by atoms with Crippen LogP contribution in [0, 0.1) is 12.8 Å². The van der Waals surface area contributed by atoms with E-state index in [0.717, 1.165) is 11.9 Å². The molecule has 0 spiro atoms. The first-order valence-corrected chi connectivity index (χ1v) is 6.67. The molecule has 1 atom stereocenters. The van der Waals surface area contributed by atoms with Crippen LogP contribution in [0.5, 0.6) is 0 Å². The summed E-state index contributed by atoms with van der Waals surface area (Å²) in [5.41, 5.74) is 9.12. The van der Waals surface area contributed by atoms with Crippen molar-refractivity contribution in [1.82, 2.24) is 10.3 Å². The zero-order valence-electron chi connectivity index (χ0n) is 11.9. The average molecular weight is 296 g/mol. The number of rotatable bonds is 5. The van der Waals surface area contributed by atoms with Crippen LogP contribution >= 0.6 is 12.4 Å². The van der Waals surface area contributed by atoms with Crippen LogP contribution in [0.1, 0.15) is 18.1 Å². The number of aromatic amines is 1. The van der Waals surface area contributed by atoms with Crippen LogP contribution in [0.2, 0.25) is 0 Å². The molecule has 1 amide bonds. The molecule has 1 aromatic heterocycles. The molecule has 0 aliphatic heterocycles. The molecule has 4 nitrogen and oxygen atoms in total. The molecule has 1 unspecified atom stereocenters. The number of amides is 1. The smallest absolute Gasteiger partial charge is 0.224 e. The fourth-order valence-electron chi connectivity index (χ4n) is 2.25. The second kappa shape index (κ2) is 7.31. The summed E-state index contributed by atoms with van der Waals surface area (Å²) in [7, 11) is 0. The third-order valence-corrected chi connectivity index (χ3v) is 3.49. The third-order valence-electron chi connectivity index (χ3n) is 3.49. The first-order chi connectivity index (χ1) is 9.13. The van der Waals surface area contributed by atoms with E-state index >= 15 is 0 Å². The Balaban J connectivity index is 0.00000200. The molecule has 0 radical (unpaired) electrons. The standard InChI is InChI=1S/C15H21N3O.ClH/c1-10-4-3-5-13-14(10)12(9-18-13)6-7-17-15(19)11(2)8-16;/h3-5,9,11,18H,6-8,16H2,1-2H3,(H,17,19);1H. The van der Waals surface area contributed by atoms with E-state index in [1.807, 2.05) is 19.2 Å². The minimum atomic E-state index is -0.121. The number of benzene rings is 1. The number of halogens is 1. The van der Waals surface area contributed by atoms with Gasteiger partial charge in [-0.2, -0.15) is 0 Å². The minimum Gasteiger partial charge on any atom is -0.361 e. The zero-order chi connectivity index (χ0) is 13.8. The molecule has 1 aromatic carbocycles. The second-order valence-electron chi connectivity index (χ2n) is 4.99. The molecule has 0 aliphatic carbocycles. The number of aryl methyl sites for hydroxylation is 1. The van der Waals surface area contributed by atoms with E-state index in [2.05, 4.69) is 29.4 Å². The van der Waals surface area contributed by atoms with Crippen LogP contribution < -0.4 is 11.1 Å². The summed E-state index contributed by atoms with van der Waals surface area (Å²) in [6.07, 6.45) is 2.85. The molecule has 110 valence electrons. The molecule has 20 heavy (non-hydrogen) atoms. The maximum atomic E-state index is 11.6. The first kappa shape index (κ1) is 16.5. The van der Waals surface area contributed by atoms with Gasteiger partial charge in [-0.25, -0.2) is 0 Å². The van der Waals surface area contributed by atoms with E-state index in [0.29, 0.717) is 13.1 Å². The van der Waals surface area contributed by atoms with Crippen LogP contribution in [0.25, 0.3) is 10.9 Å². The van der Waals surface area contributed by atoms with Crippen LogP contribution in [0.3, 0.4) is 0 Å². The summed E-state index contributed by atoms with van der Waals surface area (Å²) in [5.74, 6) is -0.0937. The number of nitrogens with one attached hydrogen (secondary N) is 2. The molecule has 0 saturated heterocycles. The maximum absolute atomic E-state index is 11.6. The monoisotopic (exact) mass is 295 g/mol. The summed E-state index contributed by atoms with van der Waals surface area (Å²) in [5, 5.41) is 4.19. The molecule has 2 rings (SSSR count). The lowest BCUT2D eigenvalue weighted by Crippen LogP contribution is -2.34. The Morgan fingerprint density at radius 1 is 1.45 bits per heavy atom. The number of carbonyl (C=O) groups is 1. The number of hydrogen-bond acceptors (Lipinski definition) is 2. The number of fused-ring (bicyclic) bond motifs is 1. The van der Waals surface area contributed by atoms with Gasteiger partial charge in [-0.3, -0.25) is 4.79 Å². The van der Waals surface area contributed by atoms with Crippen molar-refractivity contribution in [2.45, 2.75) is 20.3 Å². The van der Waals surface area contributed by atoms with Crippen molar-refractivity contribution in [1.29, 1.82) is 0 Å². The molecule has 0 aliphatic rings. The molecule has 0 saturated carbocycles. The van der Waals surface area contributed by atoms with Crippen LogP contribution in [0.4, 0.5) is 0 Å². The van der Waals surface area contributed by atoms with Gasteiger partial charge in [-0.1, -0.05) is 19.1 Å². The van der Waals surface area contributed by atoms with Gasteiger partial charge >= 0.3 is 0 Å². The molecule has 4 N–H and O–H groups in total. The van der Waals surface area contributed by atoms with E-state index in [1.54, 1.807) is 0 Å². The predicted octanol–water partition coefficient (Wildman–Crippen LogP) is 2.15. The van der Waals surface area contributed by atoms with Gasteiger partial charge in [0.25, 0.3) is 0 Å². The van der Waals surface area contributed by atoms with Gasteiger partial charge in [0.1, 0.15) is 0 Å².